The van der Waals surface area contributed by atoms with Gasteiger partial charge in [0.1, 0.15) is 0 Å². The first-order valence-corrected chi connectivity index (χ1v) is 11.6. The molecular formula is C23H30N2O3S. The first-order valence-electron chi connectivity index (χ1n) is 10.2. The number of piperidine rings is 1. The van der Waals surface area contributed by atoms with Gasteiger partial charge in [0.15, 0.2) is 0 Å². The highest BCUT2D eigenvalue weighted by atomic mass is 32.2. The molecule has 5 nitrogen and oxygen atoms in total. The second-order valence-electron chi connectivity index (χ2n) is 7.98. The number of carbonyl (C=O) groups excluding carboxylic acids is 1. The number of aryl methyl sites for hydroxylation is 3. The fourth-order valence-electron chi connectivity index (χ4n) is 3.65. The van der Waals surface area contributed by atoms with Crippen LogP contribution in [0.15, 0.2) is 41.3 Å². The van der Waals surface area contributed by atoms with Crippen molar-refractivity contribution in [2.75, 3.05) is 13.1 Å². The fraction of sp³-hybridized carbons (Fsp3) is 0.435. The molecule has 29 heavy (non-hydrogen) atoms. The molecule has 1 N–H and O–H groups in total. The average Bonchev–Trinajstić information content (AvgIpc) is 2.70. The zero-order valence-corrected chi connectivity index (χ0v) is 18.5. The highest BCUT2D eigenvalue weighted by Gasteiger charge is 2.27. The van der Waals surface area contributed by atoms with Gasteiger partial charge in [-0.3, -0.25) is 4.79 Å². The Morgan fingerprint density at radius 1 is 0.931 bits per heavy atom. The molecule has 1 heterocycles. The Morgan fingerprint density at radius 3 is 2.24 bits per heavy atom. The second kappa shape index (κ2) is 8.67. The largest absolute Gasteiger partial charge is 0.346 e. The number of hydrogen-bond acceptors (Lipinski definition) is 3. The van der Waals surface area contributed by atoms with Gasteiger partial charge in [-0.05, 0) is 74.9 Å². The van der Waals surface area contributed by atoms with Crippen LogP contribution in [0.4, 0.5) is 0 Å². The first kappa shape index (κ1) is 21.5. The van der Waals surface area contributed by atoms with E-state index >= 15 is 0 Å². The third-order valence-corrected chi connectivity index (χ3v) is 7.68. The summed E-state index contributed by atoms with van der Waals surface area (Å²) in [4.78, 5) is 13.1. The van der Waals surface area contributed by atoms with Crippen molar-refractivity contribution in [2.45, 2.75) is 57.9 Å². The maximum absolute atomic E-state index is 13.0. The van der Waals surface area contributed by atoms with E-state index in [-0.39, 0.29) is 16.8 Å². The van der Waals surface area contributed by atoms with Crippen LogP contribution in [-0.2, 0) is 10.0 Å². The lowest BCUT2D eigenvalue weighted by Gasteiger charge is -2.26. The number of benzene rings is 2. The van der Waals surface area contributed by atoms with Gasteiger partial charge >= 0.3 is 0 Å². The lowest BCUT2D eigenvalue weighted by molar-refractivity contribution is 0.0939. The Bertz CT molecular complexity index is 1010. The molecule has 3 rings (SSSR count). The molecule has 1 amide bonds. The summed E-state index contributed by atoms with van der Waals surface area (Å²) in [5.74, 6) is -0.260. The minimum Gasteiger partial charge on any atom is -0.346 e. The minimum absolute atomic E-state index is 0.177. The summed E-state index contributed by atoms with van der Waals surface area (Å²) in [7, 11) is -3.57. The van der Waals surface area contributed by atoms with Gasteiger partial charge in [-0.2, -0.15) is 4.31 Å². The predicted octanol–water partition coefficient (Wildman–Crippen LogP) is 4.28. The van der Waals surface area contributed by atoms with Crippen LogP contribution in [-0.4, -0.2) is 31.7 Å². The molecule has 1 atom stereocenters. The topological polar surface area (TPSA) is 66.5 Å². The normalized spacial score (nSPS) is 16.4. The van der Waals surface area contributed by atoms with E-state index < -0.39 is 10.0 Å². The van der Waals surface area contributed by atoms with Crippen molar-refractivity contribution in [1.82, 2.24) is 9.62 Å². The van der Waals surface area contributed by atoms with E-state index in [1.165, 1.54) is 21.5 Å². The maximum atomic E-state index is 13.0. The number of nitrogens with one attached hydrogen (secondary N) is 1. The molecule has 0 aromatic heterocycles. The van der Waals surface area contributed by atoms with Crippen molar-refractivity contribution in [2.24, 2.45) is 0 Å². The average molecular weight is 415 g/mol. The molecule has 1 fully saturated rings. The first-order chi connectivity index (χ1) is 13.7. The third-order valence-electron chi connectivity index (χ3n) is 5.79. The Labute approximate surface area is 174 Å². The summed E-state index contributed by atoms with van der Waals surface area (Å²) < 4.78 is 27.5. The quantitative estimate of drug-likeness (QED) is 0.794. The van der Waals surface area contributed by atoms with E-state index in [1.54, 1.807) is 12.1 Å². The zero-order valence-electron chi connectivity index (χ0n) is 17.7. The highest BCUT2D eigenvalue weighted by Crippen LogP contribution is 2.24. The van der Waals surface area contributed by atoms with Crippen LogP contribution in [0, 0.1) is 20.8 Å². The van der Waals surface area contributed by atoms with Gasteiger partial charge in [0.25, 0.3) is 5.91 Å². The molecule has 0 saturated carbocycles. The van der Waals surface area contributed by atoms with E-state index in [4.69, 9.17) is 0 Å². The van der Waals surface area contributed by atoms with Crippen LogP contribution in [0.5, 0.6) is 0 Å². The minimum atomic E-state index is -3.57. The molecule has 0 bridgehead atoms. The van der Waals surface area contributed by atoms with Crippen LogP contribution < -0.4 is 5.32 Å². The number of carbonyl (C=O) groups is 1. The van der Waals surface area contributed by atoms with Crippen LogP contribution in [0.1, 0.15) is 64.8 Å². The van der Waals surface area contributed by atoms with Crippen molar-refractivity contribution in [3.63, 3.8) is 0 Å². The highest BCUT2D eigenvalue weighted by molar-refractivity contribution is 7.89. The molecular weight excluding hydrogens is 384 g/mol. The Kier molecular flexibility index (Phi) is 6.44. The van der Waals surface area contributed by atoms with E-state index in [1.807, 2.05) is 32.9 Å². The molecule has 6 heteroatoms. The van der Waals surface area contributed by atoms with Crippen molar-refractivity contribution in [3.05, 3.63) is 64.2 Å². The molecule has 2 aromatic rings. The van der Waals surface area contributed by atoms with Crippen LogP contribution in [0.25, 0.3) is 0 Å². The Balaban J connectivity index is 1.83. The summed E-state index contributed by atoms with van der Waals surface area (Å²) in [5, 5.41) is 3.01. The number of rotatable bonds is 5. The molecule has 1 aliphatic rings. The standard InChI is InChI=1S/C23H30N2O3S/c1-16-8-10-20(14-18(16)3)19(4)24-23(26)22-15-21(11-9-17(22)2)29(27,28)25-12-6-5-7-13-25/h8-11,14-15,19H,5-7,12-13H2,1-4H3,(H,24,26). The molecule has 1 aliphatic heterocycles. The van der Waals surface area contributed by atoms with Gasteiger partial charge in [0.05, 0.1) is 10.9 Å². The molecule has 2 aromatic carbocycles. The summed E-state index contributed by atoms with van der Waals surface area (Å²) in [6.07, 6.45) is 2.82. The maximum Gasteiger partial charge on any atom is 0.252 e. The lowest BCUT2D eigenvalue weighted by Crippen LogP contribution is -2.35. The van der Waals surface area contributed by atoms with Crippen LogP contribution >= 0.6 is 0 Å². The van der Waals surface area contributed by atoms with Crippen molar-refractivity contribution in [1.29, 1.82) is 0 Å². The lowest BCUT2D eigenvalue weighted by atomic mass is 10.0. The second-order valence-corrected chi connectivity index (χ2v) is 9.92. The zero-order chi connectivity index (χ0) is 21.2. The van der Waals surface area contributed by atoms with Gasteiger partial charge in [0, 0.05) is 18.7 Å². The number of hydrogen-bond donors (Lipinski definition) is 1. The van der Waals surface area contributed by atoms with E-state index in [2.05, 4.69) is 18.3 Å². The van der Waals surface area contributed by atoms with E-state index in [0.717, 1.165) is 30.4 Å². The van der Waals surface area contributed by atoms with Crippen LogP contribution in [0.2, 0.25) is 0 Å². The molecule has 156 valence electrons. The molecule has 0 spiro atoms. The number of nitrogens with zero attached hydrogens (tertiary/aromatic N) is 1. The SMILES string of the molecule is Cc1ccc(C(C)NC(=O)c2cc(S(=O)(=O)N3CCCCC3)ccc2C)cc1C. The third kappa shape index (κ3) is 4.70. The van der Waals surface area contributed by atoms with Gasteiger partial charge in [0.2, 0.25) is 10.0 Å². The van der Waals surface area contributed by atoms with E-state index in [0.29, 0.717) is 18.7 Å². The van der Waals surface area contributed by atoms with Gasteiger partial charge in [-0.25, -0.2) is 8.42 Å². The van der Waals surface area contributed by atoms with Crippen molar-refractivity contribution < 1.29 is 13.2 Å². The molecule has 0 aliphatic carbocycles. The Morgan fingerprint density at radius 2 is 1.59 bits per heavy atom. The number of sulfonamides is 1. The summed E-state index contributed by atoms with van der Waals surface area (Å²) >= 11 is 0. The molecule has 0 radical (unpaired) electrons. The Hall–Kier alpha value is -2.18. The number of amides is 1. The molecule has 1 saturated heterocycles. The molecule has 1 unspecified atom stereocenters. The van der Waals surface area contributed by atoms with E-state index in [9.17, 15) is 13.2 Å². The summed E-state index contributed by atoms with van der Waals surface area (Å²) in [5.41, 5.74) is 4.57. The predicted molar refractivity (Wildman–Crippen MR) is 116 cm³/mol. The summed E-state index contributed by atoms with van der Waals surface area (Å²) in [6.45, 7) is 8.95. The van der Waals surface area contributed by atoms with Gasteiger partial charge < -0.3 is 5.32 Å². The summed E-state index contributed by atoms with van der Waals surface area (Å²) in [6, 6.07) is 10.8. The monoisotopic (exact) mass is 414 g/mol. The fourth-order valence-corrected chi connectivity index (χ4v) is 5.20. The van der Waals surface area contributed by atoms with Gasteiger partial charge in [-0.1, -0.05) is 30.7 Å². The van der Waals surface area contributed by atoms with Crippen molar-refractivity contribution in [3.8, 4) is 0 Å². The van der Waals surface area contributed by atoms with Gasteiger partial charge in [-0.15, -0.1) is 0 Å². The smallest absolute Gasteiger partial charge is 0.252 e. The van der Waals surface area contributed by atoms with Crippen LogP contribution in [0.3, 0.4) is 0 Å². The van der Waals surface area contributed by atoms with Crippen molar-refractivity contribution >= 4 is 15.9 Å².